The Bertz CT molecular complexity index is 572. The third-order valence-corrected chi connectivity index (χ3v) is 5.52. The SMILES string of the molecule is CC(C)C(N)CCN(C)C(=O)c1ccc(N2CCN(C(C)C)CC2)cc1.Cl.Cl. The van der Waals surface area contributed by atoms with Crippen molar-refractivity contribution in [1.82, 2.24) is 9.80 Å². The molecule has 1 amide bonds. The molecule has 1 aromatic carbocycles. The Morgan fingerprint density at radius 1 is 1.04 bits per heavy atom. The maximum absolute atomic E-state index is 12.6. The summed E-state index contributed by atoms with van der Waals surface area (Å²) in [7, 11) is 1.86. The van der Waals surface area contributed by atoms with Crippen LogP contribution in [0, 0.1) is 5.92 Å². The second kappa shape index (κ2) is 12.5. The molecule has 1 aliphatic heterocycles. The van der Waals surface area contributed by atoms with E-state index < -0.39 is 0 Å². The van der Waals surface area contributed by atoms with E-state index in [2.05, 4.69) is 49.6 Å². The van der Waals surface area contributed by atoms with Crippen LogP contribution in [0.4, 0.5) is 5.69 Å². The van der Waals surface area contributed by atoms with Gasteiger partial charge < -0.3 is 15.5 Å². The summed E-state index contributed by atoms with van der Waals surface area (Å²) in [6, 6.07) is 8.79. The van der Waals surface area contributed by atoms with Crippen LogP contribution in [0.5, 0.6) is 0 Å². The Labute approximate surface area is 183 Å². The summed E-state index contributed by atoms with van der Waals surface area (Å²) >= 11 is 0. The molecule has 1 fully saturated rings. The zero-order valence-electron chi connectivity index (χ0n) is 17.9. The molecule has 0 aromatic heterocycles. The van der Waals surface area contributed by atoms with Crippen molar-refractivity contribution in [1.29, 1.82) is 0 Å². The number of hydrogen-bond acceptors (Lipinski definition) is 4. The van der Waals surface area contributed by atoms with Crippen molar-refractivity contribution >= 4 is 36.4 Å². The number of halogens is 2. The number of anilines is 1. The monoisotopic (exact) mass is 432 g/mol. The minimum Gasteiger partial charge on any atom is -0.369 e. The first-order valence-electron chi connectivity index (χ1n) is 9.89. The van der Waals surface area contributed by atoms with Gasteiger partial charge in [0, 0.05) is 63.1 Å². The van der Waals surface area contributed by atoms with Crippen molar-refractivity contribution in [3.05, 3.63) is 29.8 Å². The van der Waals surface area contributed by atoms with Gasteiger partial charge in [-0.15, -0.1) is 24.8 Å². The largest absolute Gasteiger partial charge is 0.369 e. The lowest BCUT2D eigenvalue weighted by Gasteiger charge is -2.38. The molecule has 1 aromatic rings. The van der Waals surface area contributed by atoms with Crippen molar-refractivity contribution in [2.75, 3.05) is 44.7 Å². The molecular formula is C21H38Cl2N4O. The van der Waals surface area contributed by atoms with Gasteiger partial charge in [-0.05, 0) is 50.5 Å². The van der Waals surface area contributed by atoms with Crippen molar-refractivity contribution in [3.63, 3.8) is 0 Å². The number of piperazine rings is 1. The van der Waals surface area contributed by atoms with Crippen LogP contribution in [0.1, 0.15) is 44.5 Å². The van der Waals surface area contributed by atoms with Gasteiger partial charge in [-0.3, -0.25) is 9.69 Å². The van der Waals surface area contributed by atoms with Crippen molar-refractivity contribution < 1.29 is 4.79 Å². The third kappa shape index (κ3) is 7.43. The molecule has 0 spiro atoms. The second-order valence-corrected chi connectivity index (χ2v) is 8.09. The molecule has 0 radical (unpaired) electrons. The summed E-state index contributed by atoms with van der Waals surface area (Å²) in [6.45, 7) is 13.7. The standard InChI is InChI=1S/C21H36N4O.2ClH/c1-16(2)20(22)10-11-23(5)21(26)18-6-8-19(9-7-18)25-14-12-24(13-15-25)17(3)4;;/h6-9,16-17,20H,10-15,22H2,1-5H3;2*1H. The summed E-state index contributed by atoms with van der Waals surface area (Å²) in [5.74, 6) is 0.506. The van der Waals surface area contributed by atoms with E-state index in [4.69, 9.17) is 5.73 Å². The molecule has 0 saturated carbocycles. The molecule has 0 aliphatic carbocycles. The number of amides is 1. The minimum absolute atomic E-state index is 0. The number of nitrogens with zero attached hydrogens (tertiary/aromatic N) is 3. The average molecular weight is 433 g/mol. The van der Waals surface area contributed by atoms with E-state index >= 15 is 0 Å². The maximum atomic E-state index is 12.6. The first kappa shape index (κ1) is 27.0. The lowest BCUT2D eigenvalue weighted by atomic mass is 10.0. The summed E-state index contributed by atoms with van der Waals surface area (Å²) in [5.41, 5.74) is 8.04. The zero-order chi connectivity index (χ0) is 19.3. The van der Waals surface area contributed by atoms with Crippen LogP contribution in [-0.2, 0) is 0 Å². The van der Waals surface area contributed by atoms with Crippen LogP contribution >= 0.6 is 24.8 Å². The molecule has 5 nitrogen and oxygen atoms in total. The van der Waals surface area contributed by atoms with Crippen LogP contribution in [0.15, 0.2) is 24.3 Å². The smallest absolute Gasteiger partial charge is 0.253 e. The second-order valence-electron chi connectivity index (χ2n) is 8.09. The lowest BCUT2D eigenvalue weighted by Crippen LogP contribution is -2.48. The highest BCUT2D eigenvalue weighted by Crippen LogP contribution is 2.19. The predicted octanol–water partition coefficient (Wildman–Crippen LogP) is 3.51. The molecule has 1 unspecified atom stereocenters. The van der Waals surface area contributed by atoms with E-state index in [0.29, 0.717) is 18.5 Å². The highest BCUT2D eigenvalue weighted by Gasteiger charge is 2.20. The first-order valence-corrected chi connectivity index (χ1v) is 9.89. The Hall–Kier alpha value is -1.01. The Balaban J connectivity index is 0.00000364. The zero-order valence-corrected chi connectivity index (χ0v) is 19.6. The quantitative estimate of drug-likeness (QED) is 0.715. The highest BCUT2D eigenvalue weighted by atomic mass is 35.5. The first-order chi connectivity index (χ1) is 12.3. The Morgan fingerprint density at radius 2 is 1.57 bits per heavy atom. The summed E-state index contributed by atoms with van der Waals surface area (Å²) in [4.78, 5) is 19.3. The van der Waals surface area contributed by atoms with Crippen LogP contribution < -0.4 is 10.6 Å². The lowest BCUT2D eigenvalue weighted by molar-refractivity contribution is 0.0789. The van der Waals surface area contributed by atoms with Crippen molar-refractivity contribution in [3.8, 4) is 0 Å². The number of carbonyl (C=O) groups is 1. The summed E-state index contributed by atoms with van der Waals surface area (Å²) in [5, 5.41) is 0. The van der Waals surface area contributed by atoms with E-state index in [0.717, 1.165) is 38.2 Å². The van der Waals surface area contributed by atoms with Gasteiger partial charge in [0.2, 0.25) is 0 Å². The fraction of sp³-hybridized carbons (Fsp3) is 0.667. The predicted molar refractivity (Wildman–Crippen MR) is 124 cm³/mol. The van der Waals surface area contributed by atoms with E-state index in [-0.39, 0.29) is 36.8 Å². The van der Waals surface area contributed by atoms with E-state index in [1.165, 1.54) is 5.69 Å². The Morgan fingerprint density at radius 3 is 2.04 bits per heavy atom. The van der Waals surface area contributed by atoms with Crippen LogP contribution in [-0.4, -0.2) is 67.6 Å². The van der Waals surface area contributed by atoms with E-state index in [1.54, 1.807) is 4.90 Å². The molecule has 162 valence electrons. The van der Waals surface area contributed by atoms with Crippen LogP contribution in [0.3, 0.4) is 0 Å². The highest BCUT2D eigenvalue weighted by molar-refractivity contribution is 5.94. The fourth-order valence-electron chi connectivity index (χ4n) is 3.31. The topological polar surface area (TPSA) is 52.8 Å². The van der Waals surface area contributed by atoms with Gasteiger partial charge >= 0.3 is 0 Å². The molecule has 1 heterocycles. The van der Waals surface area contributed by atoms with E-state index in [9.17, 15) is 4.79 Å². The molecule has 2 rings (SSSR count). The molecule has 1 atom stereocenters. The molecule has 7 heteroatoms. The molecule has 0 bridgehead atoms. The van der Waals surface area contributed by atoms with Gasteiger partial charge in [-0.2, -0.15) is 0 Å². The molecule has 2 N–H and O–H groups in total. The minimum atomic E-state index is 0. The normalized spacial score (nSPS) is 15.8. The van der Waals surface area contributed by atoms with E-state index in [1.807, 2.05) is 19.2 Å². The summed E-state index contributed by atoms with van der Waals surface area (Å²) < 4.78 is 0. The molecular weight excluding hydrogens is 395 g/mol. The molecule has 1 aliphatic rings. The average Bonchev–Trinajstić information content (AvgIpc) is 2.65. The van der Waals surface area contributed by atoms with Crippen LogP contribution in [0.25, 0.3) is 0 Å². The fourth-order valence-corrected chi connectivity index (χ4v) is 3.31. The van der Waals surface area contributed by atoms with Gasteiger partial charge in [0.25, 0.3) is 5.91 Å². The maximum Gasteiger partial charge on any atom is 0.253 e. The molecule has 1 saturated heterocycles. The Kier molecular flexibility index (Phi) is 12.1. The van der Waals surface area contributed by atoms with Crippen molar-refractivity contribution in [2.45, 2.75) is 46.2 Å². The van der Waals surface area contributed by atoms with Gasteiger partial charge in [0.1, 0.15) is 0 Å². The number of benzene rings is 1. The third-order valence-electron chi connectivity index (χ3n) is 5.52. The van der Waals surface area contributed by atoms with Crippen LogP contribution in [0.2, 0.25) is 0 Å². The molecule has 28 heavy (non-hydrogen) atoms. The number of rotatable bonds is 7. The summed E-state index contributed by atoms with van der Waals surface area (Å²) in [6.07, 6.45) is 0.831. The number of hydrogen-bond donors (Lipinski definition) is 1. The van der Waals surface area contributed by atoms with Gasteiger partial charge in [-0.25, -0.2) is 0 Å². The number of carbonyl (C=O) groups excluding carboxylic acids is 1. The van der Waals surface area contributed by atoms with Gasteiger partial charge in [0.05, 0.1) is 0 Å². The van der Waals surface area contributed by atoms with Crippen molar-refractivity contribution in [2.24, 2.45) is 11.7 Å². The van der Waals surface area contributed by atoms with Gasteiger partial charge in [-0.1, -0.05) is 13.8 Å². The number of nitrogens with two attached hydrogens (primary N) is 1. The van der Waals surface area contributed by atoms with Gasteiger partial charge in [0.15, 0.2) is 0 Å².